The molecule has 0 fully saturated rings. The number of nitrogen functional groups attached to an aromatic ring is 1. The van der Waals surface area contributed by atoms with Crippen molar-refractivity contribution < 1.29 is 4.79 Å². The number of amides is 1. The van der Waals surface area contributed by atoms with Crippen LogP contribution in [0.3, 0.4) is 0 Å². The Morgan fingerprint density at radius 2 is 2.15 bits per heavy atom. The van der Waals surface area contributed by atoms with Crippen molar-refractivity contribution in [3.63, 3.8) is 0 Å². The van der Waals surface area contributed by atoms with Crippen molar-refractivity contribution in [2.75, 3.05) is 24.7 Å². The number of carbonyl (C=O) groups excluding carboxylic acids is 1. The molecule has 1 unspecified atom stereocenters. The number of nitrogens with two attached hydrogens (primary N) is 1. The fourth-order valence-corrected chi connectivity index (χ4v) is 3.16. The van der Waals surface area contributed by atoms with Crippen molar-refractivity contribution in [1.29, 1.82) is 0 Å². The fourth-order valence-electron chi connectivity index (χ4n) is 1.57. The number of hydrogen-bond donors (Lipinski definition) is 2. The van der Waals surface area contributed by atoms with Gasteiger partial charge in [-0.1, -0.05) is 11.3 Å². The molecule has 2 aromatic heterocycles. The average molecular weight is 311 g/mol. The van der Waals surface area contributed by atoms with E-state index in [0.29, 0.717) is 10.0 Å². The van der Waals surface area contributed by atoms with E-state index in [4.69, 9.17) is 5.73 Å². The quantitative estimate of drug-likeness (QED) is 0.903. The number of hydrogen-bond acceptors (Lipinski definition) is 7. The Labute approximate surface area is 125 Å². The second-order valence-corrected chi connectivity index (χ2v) is 6.85. The summed E-state index contributed by atoms with van der Waals surface area (Å²) < 4.78 is 0. The van der Waals surface area contributed by atoms with E-state index < -0.39 is 0 Å². The summed E-state index contributed by atoms with van der Waals surface area (Å²) in [5.74, 6) is 0.0483. The van der Waals surface area contributed by atoms with Crippen LogP contribution in [-0.2, 0) is 0 Å². The Kier molecular flexibility index (Phi) is 4.24. The molecule has 0 spiro atoms. The standard InChI is InChI=1S/C12H17N5OS2/c1-6-5-14-11(19-6)7(2)15-10(18)8-9(13)16-12(20-8)17(3)4/h5,7H,13H2,1-4H3,(H,15,18). The van der Waals surface area contributed by atoms with Crippen LogP contribution in [0.4, 0.5) is 10.9 Å². The lowest BCUT2D eigenvalue weighted by atomic mass is 10.3. The molecule has 0 saturated carbocycles. The maximum absolute atomic E-state index is 12.2. The molecule has 2 heterocycles. The van der Waals surface area contributed by atoms with E-state index in [-0.39, 0.29) is 17.8 Å². The van der Waals surface area contributed by atoms with E-state index >= 15 is 0 Å². The smallest absolute Gasteiger partial charge is 0.265 e. The summed E-state index contributed by atoms with van der Waals surface area (Å²) in [6.07, 6.45) is 1.80. The number of thiazole rings is 2. The average Bonchev–Trinajstić information content (AvgIpc) is 2.95. The minimum Gasteiger partial charge on any atom is -0.382 e. The van der Waals surface area contributed by atoms with Crippen LogP contribution >= 0.6 is 22.7 Å². The SMILES string of the molecule is Cc1cnc(C(C)NC(=O)c2sc(N(C)C)nc2N)s1. The zero-order valence-corrected chi connectivity index (χ0v) is 13.4. The molecular formula is C12H17N5OS2. The fraction of sp³-hybridized carbons (Fsp3) is 0.417. The molecule has 6 nitrogen and oxygen atoms in total. The highest BCUT2D eigenvalue weighted by molar-refractivity contribution is 7.18. The van der Waals surface area contributed by atoms with Gasteiger partial charge < -0.3 is 16.0 Å². The molecule has 0 aliphatic heterocycles. The normalized spacial score (nSPS) is 12.2. The molecule has 0 aromatic carbocycles. The number of rotatable bonds is 4. The minimum absolute atomic E-state index is 0.148. The van der Waals surface area contributed by atoms with Crippen molar-refractivity contribution in [2.24, 2.45) is 0 Å². The summed E-state index contributed by atoms with van der Waals surface area (Å²) in [5, 5.41) is 4.49. The topological polar surface area (TPSA) is 84.1 Å². The Morgan fingerprint density at radius 3 is 2.65 bits per heavy atom. The molecule has 1 atom stereocenters. The van der Waals surface area contributed by atoms with E-state index in [1.807, 2.05) is 32.8 Å². The summed E-state index contributed by atoms with van der Waals surface area (Å²) in [4.78, 5) is 24.0. The van der Waals surface area contributed by atoms with Gasteiger partial charge in [0.1, 0.15) is 15.7 Å². The van der Waals surface area contributed by atoms with Gasteiger partial charge in [-0.3, -0.25) is 4.79 Å². The molecule has 0 radical (unpaired) electrons. The molecule has 2 rings (SSSR count). The van der Waals surface area contributed by atoms with E-state index in [1.165, 1.54) is 11.3 Å². The van der Waals surface area contributed by atoms with Crippen LogP contribution in [0.2, 0.25) is 0 Å². The number of nitrogens with one attached hydrogen (secondary N) is 1. The molecule has 20 heavy (non-hydrogen) atoms. The third-order valence-corrected chi connectivity index (χ3v) is 4.92. The third-order valence-electron chi connectivity index (χ3n) is 2.59. The number of nitrogens with zero attached hydrogens (tertiary/aromatic N) is 3. The highest BCUT2D eigenvalue weighted by Gasteiger charge is 2.20. The molecule has 2 aromatic rings. The summed E-state index contributed by atoms with van der Waals surface area (Å²) in [5.41, 5.74) is 5.80. The Morgan fingerprint density at radius 1 is 1.45 bits per heavy atom. The van der Waals surface area contributed by atoms with Crippen LogP contribution in [0.1, 0.15) is 32.5 Å². The van der Waals surface area contributed by atoms with Crippen LogP contribution in [-0.4, -0.2) is 30.0 Å². The maximum Gasteiger partial charge on any atom is 0.265 e. The Balaban J connectivity index is 2.12. The van der Waals surface area contributed by atoms with Gasteiger partial charge in [0.15, 0.2) is 5.13 Å². The molecule has 3 N–H and O–H groups in total. The Bertz CT molecular complexity index is 619. The molecule has 8 heteroatoms. The number of carbonyl (C=O) groups is 1. The van der Waals surface area contributed by atoms with Crippen molar-refractivity contribution in [2.45, 2.75) is 19.9 Å². The second kappa shape index (κ2) is 5.76. The van der Waals surface area contributed by atoms with Crippen LogP contribution in [0.25, 0.3) is 0 Å². The zero-order chi connectivity index (χ0) is 14.9. The van der Waals surface area contributed by atoms with E-state index in [2.05, 4.69) is 15.3 Å². The summed E-state index contributed by atoms with van der Waals surface area (Å²) in [6, 6.07) is -0.148. The predicted molar refractivity (Wildman–Crippen MR) is 83.6 cm³/mol. The molecule has 0 aliphatic rings. The lowest BCUT2D eigenvalue weighted by molar-refractivity contribution is 0.0944. The lowest BCUT2D eigenvalue weighted by Crippen LogP contribution is -2.26. The largest absolute Gasteiger partial charge is 0.382 e. The summed E-state index contributed by atoms with van der Waals surface area (Å²) in [6.45, 7) is 3.89. The zero-order valence-electron chi connectivity index (χ0n) is 11.8. The monoisotopic (exact) mass is 311 g/mol. The van der Waals surface area contributed by atoms with Crippen LogP contribution in [0.5, 0.6) is 0 Å². The van der Waals surface area contributed by atoms with Gasteiger partial charge in [-0.2, -0.15) is 0 Å². The van der Waals surface area contributed by atoms with Crippen molar-refractivity contribution >= 4 is 39.5 Å². The highest BCUT2D eigenvalue weighted by Crippen LogP contribution is 2.27. The van der Waals surface area contributed by atoms with Gasteiger partial charge in [-0.25, -0.2) is 9.97 Å². The highest BCUT2D eigenvalue weighted by atomic mass is 32.1. The predicted octanol–water partition coefficient (Wildman–Crippen LogP) is 2.05. The molecule has 1 amide bonds. The van der Waals surface area contributed by atoms with Gasteiger partial charge in [0.25, 0.3) is 5.91 Å². The minimum atomic E-state index is -0.214. The van der Waals surface area contributed by atoms with Crippen LogP contribution < -0.4 is 16.0 Å². The maximum atomic E-state index is 12.2. The van der Waals surface area contributed by atoms with Crippen molar-refractivity contribution in [1.82, 2.24) is 15.3 Å². The van der Waals surface area contributed by atoms with Crippen LogP contribution in [0, 0.1) is 6.92 Å². The van der Waals surface area contributed by atoms with Crippen molar-refractivity contribution in [3.8, 4) is 0 Å². The molecule has 108 valence electrons. The third kappa shape index (κ3) is 3.07. The number of aromatic nitrogens is 2. The van der Waals surface area contributed by atoms with Gasteiger partial charge in [0.05, 0.1) is 6.04 Å². The number of aryl methyl sites for hydroxylation is 1. The van der Waals surface area contributed by atoms with E-state index in [0.717, 1.165) is 9.88 Å². The van der Waals surface area contributed by atoms with E-state index in [1.54, 1.807) is 17.5 Å². The first-order chi connectivity index (χ1) is 9.38. The Hall–Kier alpha value is -1.67. The molecule has 0 aliphatic carbocycles. The van der Waals surface area contributed by atoms with Gasteiger partial charge in [-0.15, -0.1) is 11.3 Å². The lowest BCUT2D eigenvalue weighted by Gasteiger charge is -2.10. The summed E-state index contributed by atoms with van der Waals surface area (Å²) >= 11 is 2.85. The molecule has 0 saturated heterocycles. The van der Waals surface area contributed by atoms with Crippen molar-refractivity contribution in [3.05, 3.63) is 21.0 Å². The first-order valence-electron chi connectivity index (χ1n) is 6.05. The van der Waals surface area contributed by atoms with Gasteiger partial charge in [0, 0.05) is 25.2 Å². The van der Waals surface area contributed by atoms with Gasteiger partial charge in [0.2, 0.25) is 0 Å². The van der Waals surface area contributed by atoms with E-state index in [9.17, 15) is 4.79 Å². The second-order valence-electron chi connectivity index (χ2n) is 4.61. The first-order valence-corrected chi connectivity index (χ1v) is 7.68. The first kappa shape index (κ1) is 14.7. The van der Waals surface area contributed by atoms with Crippen LogP contribution in [0.15, 0.2) is 6.20 Å². The molecule has 0 bridgehead atoms. The number of anilines is 2. The molecular weight excluding hydrogens is 294 g/mol. The van der Waals surface area contributed by atoms with Gasteiger partial charge >= 0.3 is 0 Å². The van der Waals surface area contributed by atoms with Gasteiger partial charge in [-0.05, 0) is 13.8 Å². The summed E-state index contributed by atoms with van der Waals surface area (Å²) in [7, 11) is 3.72.